The molecule has 0 radical (unpaired) electrons. The fourth-order valence-electron chi connectivity index (χ4n) is 2.46. The van der Waals surface area contributed by atoms with Crippen molar-refractivity contribution in [3.8, 4) is 0 Å². The Bertz CT molecular complexity index is 529. The molecule has 1 aliphatic carbocycles. The third kappa shape index (κ3) is 1.45. The van der Waals surface area contributed by atoms with E-state index in [1.165, 1.54) is 17.4 Å². The maximum Gasteiger partial charge on any atom is 0.137 e. The monoisotopic (exact) mass is 215 g/mol. The lowest BCUT2D eigenvalue weighted by atomic mass is 10.1. The van der Waals surface area contributed by atoms with Gasteiger partial charge in [0.1, 0.15) is 11.3 Å². The van der Waals surface area contributed by atoms with Gasteiger partial charge in [-0.3, -0.25) is 0 Å². The van der Waals surface area contributed by atoms with Crippen LogP contribution in [-0.2, 0) is 0 Å². The molecule has 84 valence electrons. The number of nitrogens with two attached hydrogens (primary N) is 1. The summed E-state index contributed by atoms with van der Waals surface area (Å²) in [5, 5.41) is 1.17. The molecule has 1 aromatic carbocycles. The molecule has 2 nitrogen and oxygen atoms in total. The lowest BCUT2D eigenvalue weighted by Gasteiger charge is -2.06. The predicted molar refractivity (Wildman–Crippen MR) is 65.2 cm³/mol. The van der Waals surface area contributed by atoms with E-state index in [-0.39, 0.29) is 6.04 Å². The Morgan fingerprint density at radius 3 is 2.81 bits per heavy atom. The smallest absolute Gasteiger partial charge is 0.137 e. The van der Waals surface area contributed by atoms with Gasteiger partial charge < -0.3 is 10.2 Å². The molecule has 0 saturated heterocycles. The molecule has 3 atom stereocenters. The molecule has 1 fully saturated rings. The standard InChI is InChI=1S/C14H17NO/c1-8-4-3-5-10-7-12(16-14(8)10)13(15)11-6-9(11)2/h3-5,7,9,11,13H,6,15H2,1-2H3. The summed E-state index contributed by atoms with van der Waals surface area (Å²) < 4.78 is 5.89. The number of furan rings is 1. The zero-order valence-corrected chi connectivity index (χ0v) is 9.73. The van der Waals surface area contributed by atoms with E-state index in [0.29, 0.717) is 5.92 Å². The summed E-state index contributed by atoms with van der Waals surface area (Å²) in [5.74, 6) is 2.31. The maximum atomic E-state index is 6.21. The van der Waals surface area contributed by atoms with Gasteiger partial charge in [0.25, 0.3) is 0 Å². The SMILES string of the molecule is Cc1cccc2cc(C(N)C3CC3C)oc12. The predicted octanol–water partition coefficient (Wildman–Crippen LogP) is 3.40. The fourth-order valence-corrected chi connectivity index (χ4v) is 2.46. The topological polar surface area (TPSA) is 39.2 Å². The van der Waals surface area contributed by atoms with E-state index in [2.05, 4.69) is 38.1 Å². The average molecular weight is 215 g/mol. The van der Waals surface area contributed by atoms with Crippen LogP contribution in [-0.4, -0.2) is 0 Å². The molecule has 16 heavy (non-hydrogen) atoms. The highest BCUT2D eigenvalue weighted by molar-refractivity contribution is 5.81. The van der Waals surface area contributed by atoms with Crippen molar-refractivity contribution in [1.29, 1.82) is 0 Å². The van der Waals surface area contributed by atoms with Gasteiger partial charge >= 0.3 is 0 Å². The van der Waals surface area contributed by atoms with E-state index < -0.39 is 0 Å². The van der Waals surface area contributed by atoms with E-state index in [9.17, 15) is 0 Å². The number of hydrogen-bond donors (Lipinski definition) is 1. The number of hydrogen-bond acceptors (Lipinski definition) is 2. The van der Waals surface area contributed by atoms with Crippen LogP contribution in [0.1, 0.15) is 30.7 Å². The molecule has 3 rings (SSSR count). The van der Waals surface area contributed by atoms with E-state index in [0.717, 1.165) is 17.3 Å². The second-order valence-corrected chi connectivity index (χ2v) is 5.04. The van der Waals surface area contributed by atoms with Gasteiger partial charge in [0.15, 0.2) is 0 Å². The van der Waals surface area contributed by atoms with Crippen LogP contribution in [0.5, 0.6) is 0 Å². The zero-order chi connectivity index (χ0) is 11.3. The first kappa shape index (κ1) is 9.91. The highest BCUT2D eigenvalue weighted by Crippen LogP contribution is 2.46. The van der Waals surface area contributed by atoms with Crippen LogP contribution >= 0.6 is 0 Å². The zero-order valence-electron chi connectivity index (χ0n) is 9.73. The van der Waals surface area contributed by atoms with Crippen molar-refractivity contribution in [2.24, 2.45) is 17.6 Å². The van der Waals surface area contributed by atoms with Crippen LogP contribution in [0.4, 0.5) is 0 Å². The molecule has 1 heterocycles. The Morgan fingerprint density at radius 2 is 2.19 bits per heavy atom. The second kappa shape index (κ2) is 3.36. The minimum Gasteiger partial charge on any atom is -0.459 e. The van der Waals surface area contributed by atoms with Gasteiger partial charge in [-0.15, -0.1) is 0 Å². The molecular formula is C14H17NO. The van der Waals surface area contributed by atoms with Crippen LogP contribution in [0.3, 0.4) is 0 Å². The van der Waals surface area contributed by atoms with Crippen LogP contribution in [0.25, 0.3) is 11.0 Å². The van der Waals surface area contributed by atoms with Gasteiger partial charge in [0, 0.05) is 5.39 Å². The van der Waals surface area contributed by atoms with Crippen molar-refractivity contribution in [2.45, 2.75) is 26.3 Å². The van der Waals surface area contributed by atoms with Gasteiger partial charge in [-0.2, -0.15) is 0 Å². The van der Waals surface area contributed by atoms with E-state index in [1.54, 1.807) is 0 Å². The Morgan fingerprint density at radius 1 is 1.44 bits per heavy atom. The normalized spacial score (nSPS) is 25.9. The minimum absolute atomic E-state index is 0.0711. The lowest BCUT2D eigenvalue weighted by molar-refractivity contribution is 0.454. The molecule has 0 amide bonds. The highest BCUT2D eigenvalue weighted by atomic mass is 16.3. The maximum absolute atomic E-state index is 6.21. The van der Waals surface area contributed by atoms with Crippen molar-refractivity contribution < 1.29 is 4.42 Å². The molecule has 0 aliphatic heterocycles. The largest absolute Gasteiger partial charge is 0.459 e. The Hall–Kier alpha value is -1.28. The van der Waals surface area contributed by atoms with E-state index in [1.807, 2.05) is 0 Å². The van der Waals surface area contributed by atoms with Crippen molar-refractivity contribution in [3.05, 3.63) is 35.6 Å². The Kier molecular flexibility index (Phi) is 2.08. The molecule has 0 spiro atoms. The molecule has 3 unspecified atom stereocenters. The molecule has 1 aliphatic rings. The summed E-state index contributed by atoms with van der Waals surface area (Å²) in [6.45, 7) is 4.32. The van der Waals surface area contributed by atoms with Crippen molar-refractivity contribution >= 4 is 11.0 Å². The third-order valence-corrected chi connectivity index (χ3v) is 3.72. The molecule has 2 N–H and O–H groups in total. The second-order valence-electron chi connectivity index (χ2n) is 5.04. The summed E-state index contributed by atoms with van der Waals surface area (Å²) in [5.41, 5.74) is 8.38. The summed E-state index contributed by atoms with van der Waals surface area (Å²) in [4.78, 5) is 0. The average Bonchev–Trinajstić information content (AvgIpc) is 2.81. The molecule has 1 saturated carbocycles. The van der Waals surface area contributed by atoms with Gasteiger partial charge in [0.05, 0.1) is 6.04 Å². The number of benzene rings is 1. The van der Waals surface area contributed by atoms with Gasteiger partial charge in [-0.1, -0.05) is 25.1 Å². The number of fused-ring (bicyclic) bond motifs is 1. The summed E-state index contributed by atoms with van der Waals surface area (Å²) in [6.07, 6.45) is 1.23. The number of aryl methyl sites for hydroxylation is 1. The fraction of sp³-hybridized carbons (Fsp3) is 0.429. The minimum atomic E-state index is 0.0711. The van der Waals surface area contributed by atoms with Crippen LogP contribution in [0, 0.1) is 18.8 Å². The Balaban J connectivity index is 2.02. The van der Waals surface area contributed by atoms with Gasteiger partial charge in [0.2, 0.25) is 0 Å². The van der Waals surface area contributed by atoms with Gasteiger partial charge in [-0.05, 0) is 36.8 Å². The van der Waals surface area contributed by atoms with Crippen LogP contribution < -0.4 is 5.73 Å². The molecule has 0 bridgehead atoms. The summed E-state index contributed by atoms with van der Waals surface area (Å²) in [7, 11) is 0. The van der Waals surface area contributed by atoms with Crippen LogP contribution in [0.15, 0.2) is 28.7 Å². The lowest BCUT2D eigenvalue weighted by Crippen LogP contribution is -2.12. The highest BCUT2D eigenvalue weighted by Gasteiger charge is 2.39. The Labute approximate surface area is 95.4 Å². The summed E-state index contributed by atoms with van der Waals surface area (Å²) >= 11 is 0. The quantitative estimate of drug-likeness (QED) is 0.834. The number of rotatable bonds is 2. The van der Waals surface area contributed by atoms with Crippen molar-refractivity contribution in [3.63, 3.8) is 0 Å². The van der Waals surface area contributed by atoms with E-state index in [4.69, 9.17) is 10.2 Å². The number of para-hydroxylation sites is 1. The van der Waals surface area contributed by atoms with Crippen molar-refractivity contribution in [1.82, 2.24) is 0 Å². The summed E-state index contributed by atoms with van der Waals surface area (Å²) in [6, 6.07) is 8.38. The third-order valence-electron chi connectivity index (χ3n) is 3.72. The molecule has 2 heteroatoms. The molecular weight excluding hydrogens is 198 g/mol. The first-order chi connectivity index (χ1) is 7.66. The van der Waals surface area contributed by atoms with Gasteiger partial charge in [-0.25, -0.2) is 0 Å². The van der Waals surface area contributed by atoms with Crippen LogP contribution in [0.2, 0.25) is 0 Å². The first-order valence-corrected chi connectivity index (χ1v) is 5.91. The molecule has 1 aromatic heterocycles. The molecule has 2 aromatic rings. The van der Waals surface area contributed by atoms with Crippen molar-refractivity contribution in [2.75, 3.05) is 0 Å². The van der Waals surface area contributed by atoms with E-state index >= 15 is 0 Å². The first-order valence-electron chi connectivity index (χ1n) is 5.91.